The number of benzene rings is 1. The Labute approximate surface area is 122 Å². The molecule has 0 unspecified atom stereocenters. The van der Waals surface area contributed by atoms with E-state index in [2.05, 4.69) is 43.8 Å². The van der Waals surface area contributed by atoms with E-state index in [9.17, 15) is 4.79 Å². The first-order chi connectivity index (χ1) is 7.65. The lowest BCUT2D eigenvalue weighted by Gasteiger charge is -2.06. The summed E-state index contributed by atoms with van der Waals surface area (Å²) in [5.74, 6) is -0.0583. The Morgan fingerprint density at radius 1 is 1.44 bits per heavy atom. The molecule has 0 heterocycles. The minimum atomic E-state index is -0.0583. The van der Waals surface area contributed by atoms with Crippen LogP contribution >= 0.6 is 50.1 Å². The summed E-state index contributed by atoms with van der Waals surface area (Å²) in [4.78, 5) is 11.8. The molecule has 5 heteroatoms. The van der Waals surface area contributed by atoms with Crippen molar-refractivity contribution >= 4 is 56.0 Å². The zero-order valence-corrected chi connectivity index (χ0v) is 13.1. The molecule has 1 aromatic carbocycles. The second kappa shape index (κ2) is 7.50. The maximum Gasteiger partial charge on any atom is 0.252 e. The van der Waals surface area contributed by atoms with Gasteiger partial charge < -0.3 is 5.32 Å². The summed E-state index contributed by atoms with van der Waals surface area (Å²) >= 11 is 11.5. The van der Waals surface area contributed by atoms with Crippen LogP contribution in [-0.4, -0.2) is 16.9 Å². The van der Waals surface area contributed by atoms with E-state index >= 15 is 0 Å². The lowest BCUT2D eigenvalue weighted by atomic mass is 10.2. The van der Waals surface area contributed by atoms with Gasteiger partial charge in [-0.3, -0.25) is 4.79 Å². The Bertz CT molecular complexity index is 373. The van der Waals surface area contributed by atoms with Crippen LogP contribution in [0.25, 0.3) is 0 Å². The Morgan fingerprint density at radius 2 is 2.19 bits per heavy atom. The lowest BCUT2D eigenvalue weighted by Crippen LogP contribution is -2.24. The van der Waals surface area contributed by atoms with E-state index in [1.54, 1.807) is 18.2 Å². The topological polar surface area (TPSA) is 29.1 Å². The van der Waals surface area contributed by atoms with Crippen molar-refractivity contribution in [3.8, 4) is 0 Å². The number of carbonyl (C=O) groups excluding carboxylic acids is 1. The molecule has 0 bridgehead atoms. The van der Waals surface area contributed by atoms with Crippen LogP contribution in [0.15, 0.2) is 22.7 Å². The third-order valence-corrected chi connectivity index (χ3v) is 3.68. The molecule has 0 aliphatic heterocycles. The standard InChI is InChI=1S/C11H12BrClINO/c12-10-7-8(13)3-4-9(10)11(16)15-6-2-1-5-14/h3-4,7H,1-2,5-6H2,(H,15,16). The summed E-state index contributed by atoms with van der Waals surface area (Å²) < 4.78 is 1.85. The van der Waals surface area contributed by atoms with Crippen LogP contribution < -0.4 is 5.32 Å². The third kappa shape index (κ3) is 4.59. The second-order valence-corrected chi connectivity index (χ2v) is 5.65. The molecule has 1 aromatic rings. The molecule has 88 valence electrons. The molecule has 0 fully saturated rings. The van der Waals surface area contributed by atoms with Crippen LogP contribution in [0.4, 0.5) is 0 Å². The Hall–Kier alpha value is 0.190. The van der Waals surface area contributed by atoms with Crippen LogP contribution in [0.2, 0.25) is 5.02 Å². The Kier molecular flexibility index (Phi) is 6.68. The molecule has 0 spiro atoms. The molecule has 0 aliphatic carbocycles. The molecule has 1 amide bonds. The predicted octanol–water partition coefficient (Wildman–Crippen LogP) is 4.05. The zero-order chi connectivity index (χ0) is 12.0. The first kappa shape index (κ1) is 14.3. The first-order valence-electron chi connectivity index (χ1n) is 4.94. The van der Waals surface area contributed by atoms with Gasteiger partial charge >= 0.3 is 0 Å². The quantitative estimate of drug-likeness (QED) is 0.438. The van der Waals surface area contributed by atoms with Gasteiger partial charge in [0, 0.05) is 16.0 Å². The van der Waals surface area contributed by atoms with Gasteiger partial charge in [0.1, 0.15) is 0 Å². The fourth-order valence-corrected chi connectivity index (χ4v) is 2.59. The molecule has 16 heavy (non-hydrogen) atoms. The SMILES string of the molecule is O=C(NCCCCI)c1ccc(Cl)cc1Br. The van der Waals surface area contributed by atoms with E-state index in [1.165, 1.54) is 0 Å². The Balaban J connectivity index is 2.53. The summed E-state index contributed by atoms with van der Waals surface area (Å²) in [6, 6.07) is 5.16. The van der Waals surface area contributed by atoms with Gasteiger partial charge in [0.25, 0.3) is 5.91 Å². The van der Waals surface area contributed by atoms with Crippen molar-refractivity contribution in [2.75, 3.05) is 11.0 Å². The van der Waals surface area contributed by atoms with Crippen LogP contribution in [0.5, 0.6) is 0 Å². The number of hydrogen-bond acceptors (Lipinski definition) is 1. The number of nitrogens with one attached hydrogen (secondary N) is 1. The van der Waals surface area contributed by atoms with Crippen molar-refractivity contribution in [3.05, 3.63) is 33.3 Å². The Morgan fingerprint density at radius 3 is 2.81 bits per heavy atom. The minimum absolute atomic E-state index is 0.0583. The van der Waals surface area contributed by atoms with Crippen molar-refractivity contribution in [1.82, 2.24) is 5.32 Å². The maximum absolute atomic E-state index is 11.8. The molecule has 1 N–H and O–H groups in total. The number of rotatable bonds is 5. The minimum Gasteiger partial charge on any atom is -0.352 e. The molecule has 2 nitrogen and oxygen atoms in total. The summed E-state index contributed by atoms with van der Waals surface area (Å²) in [5.41, 5.74) is 0.624. The molecule has 0 atom stereocenters. The molecule has 0 aliphatic rings. The third-order valence-electron chi connectivity index (χ3n) is 2.02. The van der Waals surface area contributed by atoms with Gasteiger partial charge in [-0.25, -0.2) is 0 Å². The molecular weight excluding hydrogens is 404 g/mol. The number of hydrogen-bond donors (Lipinski definition) is 1. The second-order valence-electron chi connectivity index (χ2n) is 3.28. The summed E-state index contributed by atoms with van der Waals surface area (Å²) in [6.07, 6.45) is 2.14. The fourth-order valence-electron chi connectivity index (χ4n) is 1.19. The molecule has 0 radical (unpaired) electrons. The summed E-state index contributed by atoms with van der Waals surface area (Å²) in [5, 5.41) is 3.50. The zero-order valence-electron chi connectivity index (χ0n) is 8.60. The number of carbonyl (C=O) groups is 1. The highest BCUT2D eigenvalue weighted by Gasteiger charge is 2.09. The summed E-state index contributed by atoms with van der Waals surface area (Å²) in [7, 11) is 0. The van der Waals surface area contributed by atoms with E-state index in [-0.39, 0.29) is 5.91 Å². The van der Waals surface area contributed by atoms with Crippen molar-refractivity contribution < 1.29 is 4.79 Å². The van der Waals surface area contributed by atoms with Gasteiger partial charge in [0.15, 0.2) is 0 Å². The highest BCUT2D eigenvalue weighted by Crippen LogP contribution is 2.21. The molecule has 1 rings (SSSR count). The predicted molar refractivity (Wildman–Crippen MR) is 79.6 cm³/mol. The van der Waals surface area contributed by atoms with Crippen molar-refractivity contribution in [3.63, 3.8) is 0 Å². The lowest BCUT2D eigenvalue weighted by molar-refractivity contribution is 0.0952. The molecular formula is C11H12BrClINO. The number of amides is 1. The van der Waals surface area contributed by atoms with E-state index in [0.717, 1.165) is 28.3 Å². The monoisotopic (exact) mass is 415 g/mol. The van der Waals surface area contributed by atoms with Crippen LogP contribution in [0.3, 0.4) is 0 Å². The normalized spacial score (nSPS) is 10.2. The highest BCUT2D eigenvalue weighted by atomic mass is 127. The van der Waals surface area contributed by atoms with Gasteiger partial charge in [0.05, 0.1) is 5.56 Å². The molecule has 0 saturated heterocycles. The van der Waals surface area contributed by atoms with Crippen molar-refractivity contribution in [2.24, 2.45) is 0 Å². The van der Waals surface area contributed by atoms with E-state index in [1.807, 2.05) is 0 Å². The van der Waals surface area contributed by atoms with Gasteiger partial charge in [-0.05, 0) is 51.4 Å². The van der Waals surface area contributed by atoms with Crippen molar-refractivity contribution in [2.45, 2.75) is 12.8 Å². The van der Waals surface area contributed by atoms with Gasteiger partial charge in [-0.2, -0.15) is 0 Å². The van der Waals surface area contributed by atoms with E-state index in [0.29, 0.717) is 10.6 Å². The van der Waals surface area contributed by atoms with Gasteiger partial charge in [0.2, 0.25) is 0 Å². The van der Waals surface area contributed by atoms with Crippen LogP contribution in [-0.2, 0) is 0 Å². The number of unbranched alkanes of at least 4 members (excludes halogenated alkanes) is 1. The van der Waals surface area contributed by atoms with E-state index < -0.39 is 0 Å². The maximum atomic E-state index is 11.8. The van der Waals surface area contributed by atoms with Crippen LogP contribution in [0, 0.1) is 0 Å². The van der Waals surface area contributed by atoms with Gasteiger partial charge in [-0.1, -0.05) is 34.2 Å². The van der Waals surface area contributed by atoms with Gasteiger partial charge in [-0.15, -0.1) is 0 Å². The average Bonchev–Trinajstić information content (AvgIpc) is 2.24. The number of halogens is 3. The van der Waals surface area contributed by atoms with Crippen LogP contribution in [0.1, 0.15) is 23.2 Å². The van der Waals surface area contributed by atoms with E-state index in [4.69, 9.17) is 11.6 Å². The number of alkyl halides is 1. The first-order valence-corrected chi connectivity index (χ1v) is 7.64. The van der Waals surface area contributed by atoms with Crippen molar-refractivity contribution in [1.29, 1.82) is 0 Å². The average molecular weight is 416 g/mol. The highest BCUT2D eigenvalue weighted by molar-refractivity contribution is 14.1. The largest absolute Gasteiger partial charge is 0.352 e. The molecule has 0 saturated carbocycles. The fraction of sp³-hybridized carbons (Fsp3) is 0.364. The summed E-state index contributed by atoms with van der Waals surface area (Å²) in [6.45, 7) is 0.719. The molecule has 0 aromatic heterocycles. The smallest absolute Gasteiger partial charge is 0.252 e.